The third-order valence-corrected chi connectivity index (χ3v) is 4.10. The third-order valence-electron chi connectivity index (χ3n) is 4.10. The normalized spacial score (nSPS) is 15.8. The van der Waals surface area contributed by atoms with E-state index >= 15 is 0 Å². The van der Waals surface area contributed by atoms with Crippen molar-refractivity contribution < 1.29 is 4.79 Å². The predicted octanol–water partition coefficient (Wildman–Crippen LogP) is 0.636. The van der Waals surface area contributed by atoms with Crippen molar-refractivity contribution >= 4 is 11.6 Å². The zero-order valence-corrected chi connectivity index (χ0v) is 12.7. The van der Waals surface area contributed by atoms with Gasteiger partial charge in [0.15, 0.2) is 0 Å². The minimum Gasteiger partial charge on any atom is -0.396 e. The topological polar surface area (TPSA) is 67.4 Å². The van der Waals surface area contributed by atoms with Crippen LogP contribution in [0.5, 0.6) is 0 Å². The number of carbonyl (C=O) groups excluding carboxylic acids is 1. The summed E-state index contributed by atoms with van der Waals surface area (Å²) in [4.78, 5) is 16.4. The molecule has 0 aromatic carbocycles. The number of nitrogens with two attached hydrogens (primary N) is 1. The van der Waals surface area contributed by atoms with Crippen LogP contribution in [0.15, 0.2) is 0 Å². The molecule has 0 saturated carbocycles. The fourth-order valence-corrected chi connectivity index (χ4v) is 2.54. The zero-order chi connectivity index (χ0) is 14.7. The molecule has 1 fully saturated rings. The van der Waals surface area contributed by atoms with Gasteiger partial charge in [0.25, 0.3) is 0 Å². The number of nitrogens with zero attached hydrogens (tertiary/aromatic N) is 4. The Labute approximate surface area is 120 Å². The number of aromatic nitrogens is 2. The van der Waals surface area contributed by atoms with Gasteiger partial charge in [-0.15, -0.1) is 0 Å². The second-order valence-corrected chi connectivity index (χ2v) is 5.61. The molecule has 2 rings (SSSR count). The second kappa shape index (κ2) is 6.26. The van der Waals surface area contributed by atoms with Crippen LogP contribution in [0, 0.1) is 13.8 Å². The molecule has 0 radical (unpaired) electrons. The molecule has 2 N–H and O–H groups in total. The lowest BCUT2D eigenvalue weighted by Gasteiger charge is -2.21. The minimum absolute atomic E-state index is 0.0785. The van der Waals surface area contributed by atoms with Crippen LogP contribution in [0.3, 0.4) is 0 Å². The molecular formula is C14H25N5O. The number of hydrogen-bond acceptors (Lipinski definition) is 4. The zero-order valence-electron chi connectivity index (χ0n) is 12.7. The quantitative estimate of drug-likeness (QED) is 0.859. The minimum atomic E-state index is 0.0785. The standard InChI is InChI=1S/C14H25N5O/c1-11-14(15)12(2)19(16-11)10-13(20)17(3)8-9-18-6-4-5-7-18/h4-10,15H2,1-3H3. The first-order valence-corrected chi connectivity index (χ1v) is 7.25. The monoisotopic (exact) mass is 279 g/mol. The van der Waals surface area contributed by atoms with Gasteiger partial charge in [0, 0.05) is 20.1 Å². The van der Waals surface area contributed by atoms with E-state index in [-0.39, 0.29) is 12.5 Å². The number of rotatable bonds is 5. The summed E-state index contributed by atoms with van der Waals surface area (Å²) in [7, 11) is 1.85. The maximum atomic E-state index is 12.2. The molecule has 0 unspecified atom stereocenters. The summed E-state index contributed by atoms with van der Waals surface area (Å²) < 4.78 is 1.69. The SMILES string of the molecule is Cc1nn(CC(=O)N(C)CCN2CCCC2)c(C)c1N. The van der Waals surface area contributed by atoms with E-state index in [0.717, 1.165) is 37.6 Å². The summed E-state index contributed by atoms with van der Waals surface area (Å²) >= 11 is 0. The Morgan fingerprint density at radius 1 is 1.35 bits per heavy atom. The average Bonchev–Trinajstić information content (AvgIpc) is 3.02. The first-order chi connectivity index (χ1) is 9.49. The van der Waals surface area contributed by atoms with E-state index in [2.05, 4.69) is 10.00 Å². The Morgan fingerprint density at radius 3 is 2.55 bits per heavy atom. The van der Waals surface area contributed by atoms with Crippen molar-refractivity contribution in [1.82, 2.24) is 19.6 Å². The molecular weight excluding hydrogens is 254 g/mol. The lowest BCUT2D eigenvalue weighted by molar-refractivity contribution is -0.130. The maximum Gasteiger partial charge on any atom is 0.244 e. The van der Waals surface area contributed by atoms with Gasteiger partial charge in [-0.25, -0.2) is 0 Å². The molecule has 0 bridgehead atoms. The van der Waals surface area contributed by atoms with Gasteiger partial charge >= 0.3 is 0 Å². The third kappa shape index (κ3) is 3.30. The first-order valence-electron chi connectivity index (χ1n) is 7.25. The Hall–Kier alpha value is -1.56. The number of anilines is 1. The van der Waals surface area contributed by atoms with Gasteiger partial charge in [0.05, 0.1) is 17.1 Å². The van der Waals surface area contributed by atoms with Gasteiger partial charge < -0.3 is 15.5 Å². The summed E-state index contributed by atoms with van der Waals surface area (Å²) in [5.41, 5.74) is 8.21. The average molecular weight is 279 g/mol. The fourth-order valence-electron chi connectivity index (χ4n) is 2.54. The molecule has 1 aromatic heterocycles. The largest absolute Gasteiger partial charge is 0.396 e. The maximum absolute atomic E-state index is 12.2. The molecule has 1 aromatic rings. The van der Waals surface area contributed by atoms with Crippen molar-refractivity contribution in [3.63, 3.8) is 0 Å². The fraction of sp³-hybridized carbons (Fsp3) is 0.714. The smallest absolute Gasteiger partial charge is 0.244 e. The van der Waals surface area contributed by atoms with Crippen LogP contribution in [-0.2, 0) is 11.3 Å². The molecule has 1 aliphatic rings. The lowest BCUT2D eigenvalue weighted by atomic mass is 10.3. The number of likely N-dealkylation sites (tertiary alicyclic amines) is 1. The van der Waals surface area contributed by atoms with Crippen molar-refractivity contribution in [3.8, 4) is 0 Å². The van der Waals surface area contributed by atoms with Crippen molar-refractivity contribution in [2.75, 3.05) is 39.0 Å². The molecule has 1 aliphatic heterocycles. The highest BCUT2D eigenvalue weighted by Crippen LogP contribution is 2.14. The molecule has 0 spiro atoms. The lowest BCUT2D eigenvalue weighted by Crippen LogP contribution is -2.37. The molecule has 1 amide bonds. The van der Waals surface area contributed by atoms with E-state index in [4.69, 9.17) is 5.73 Å². The molecule has 2 heterocycles. The molecule has 6 nitrogen and oxygen atoms in total. The summed E-state index contributed by atoms with van der Waals surface area (Å²) in [5.74, 6) is 0.0785. The van der Waals surface area contributed by atoms with E-state index in [0.29, 0.717) is 5.69 Å². The molecule has 6 heteroatoms. The Bertz CT molecular complexity index is 476. The van der Waals surface area contributed by atoms with Crippen LogP contribution >= 0.6 is 0 Å². The van der Waals surface area contributed by atoms with Crippen molar-refractivity contribution in [1.29, 1.82) is 0 Å². The number of carbonyl (C=O) groups is 1. The van der Waals surface area contributed by atoms with Crippen LogP contribution in [0.25, 0.3) is 0 Å². The molecule has 1 saturated heterocycles. The van der Waals surface area contributed by atoms with E-state index in [1.165, 1.54) is 12.8 Å². The van der Waals surface area contributed by atoms with E-state index in [1.54, 1.807) is 9.58 Å². The molecule has 20 heavy (non-hydrogen) atoms. The summed E-state index contributed by atoms with van der Waals surface area (Å²) in [5, 5.41) is 4.30. The van der Waals surface area contributed by atoms with Crippen LogP contribution in [0.4, 0.5) is 5.69 Å². The predicted molar refractivity (Wildman–Crippen MR) is 79.4 cm³/mol. The van der Waals surface area contributed by atoms with Crippen LogP contribution in [0.2, 0.25) is 0 Å². The van der Waals surface area contributed by atoms with E-state index in [1.807, 2.05) is 20.9 Å². The van der Waals surface area contributed by atoms with Gasteiger partial charge in [-0.05, 0) is 39.8 Å². The Kier molecular flexibility index (Phi) is 4.65. The number of hydrogen-bond donors (Lipinski definition) is 1. The highest BCUT2D eigenvalue weighted by atomic mass is 16.2. The molecule has 0 atom stereocenters. The number of likely N-dealkylation sites (N-methyl/N-ethyl adjacent to an activating group) is 1. The van der Waals surface area contributed by atoms with E-state index < -0.39 is 0 Å². The second-order valence-electron chi connectivity index (χ2n) is 5.61. The Morgan fingerprint density at radius 2 is 2.00 bits per heavy atom. The van der Waals surface area contributed by atoms with Gasteiger partial charge in [-0.2, -0.15) is 5.10 Å². The van der Waals surface area contributed by atoms with Crippen molar-refractivity contribution in [2.24, 2.45) is 0 Å². The molecule has 0 aliphatic carbocycles. The summed E-state index contributed by atoms with van der Waals surface area (Å²) in [6.07, 6.45) is 2.56. The molecule has 112 valence electrons. The first kappa shape index (κ1) is 14.8. The van der Waals surface area contributed by atoms with Gasteiger partial charge in [0.2, 0.25) is 5.91 Å². The highest BCUT2D eigenvalue weighted by Gasteiger charge is 2.16. The van der Waals surface area contributed by atoms with Crippen LogP contribution in [-0.4, -0.2) is 58.7 Å². The van der Waals surface area contributed by atoms with Crippen LogP contribution in [0.1, 0.15) is 24.2 Å². The van der Waals surface area contributed by atoms with E-state index in [9.17, 15) is 4.79 Å². The van der Waals surface area contributed by atoms with Crippen LogP contribution < -0.4 is 5.73 Å². The summed E-state index contributed by atoms with van der Waals surface area (Å²) in [6, 6.07) is 0. The highest BCUT2D eigenvalue weighted by molar-refractivity contribution is 5.75. The van der Waals surface area contributed by atoms with Gasteiger partial charge in [-0.1, -0.05) is 0 Å². The summed E-state index contributed by atoms with van der Waals surface area (Å²) in [6.45, 7) is 8.08. The van der Waals surface area contributed by atoms with Gasteiger partial charge in [0.1, 0.15) is 6.54 Å². The number of amides is 1. The van der Waals surface area contributed by atoms with Crippen molar-refractivity contribution in [2.45, 2.75) is 33.2 Å². The Balaban J connectivity index is 1.85. The number of nitrogen functional groups attached to an aromatic ring is 1. The number of aryl methyl sites for hydroxylation is 1. The van der Waals surface area contributed by atoms with Crippen molar-refractivity contribution in [3.05, 3.63) is 11.4 Å². The van der Waals surface area contributed by atoms with Gasteiger partial charge in [-0.3, -0.25) is 9.48 Å².